The number of anilines is 2. The fraction of sp³-hybridized carbons (Fsp3) is 0.200. The van der Waals surface area contributed by atoms with Crippen molar-refractivity contribution in [1.29, 1.82) is 0 Å². The quantitative estimate of drug-likeness (QED) is 0.519. The van der Waals surface area contributed by atoms with E-state index in [0.29, 0.717) is 6.54 Å². The SMILES string of the molecule is COc1cccc(CN(C)c2ccc([N+](=O)[O-])c(N)c2)c1. The molecule has 0 fully saturated rings. The van der Waals surface area contributed by atoms with Gasteiger partial charge >= 0.3 is 0 Å². The Morgan fingerprint density at radius 1 is 1.29 bits per heavy atom. The highest BCUT2D eigenvalue weighted by atomic mass is 16.6. The predicted molar refractivity (Wildman–Crippen MR) is 82.6 cm³/mol. The van der Waals surface area contributed by atoms with Crippen molar-refractivity contribution < 1.29 is 9.66 Å². The molecule has 0 aliphatic rings. The van der Waals surface area contributed by atoms with E-state index in [2.05, 4.69) is 0 Å². The number of nitro benzene ring substituents is 1. The lowest BCUT2D eigenvalue weighted by molar-refractivity contribution is -0.383. The summed E-state index contributed by atoms with van der Waals surface area (Å²) in [6, 6.07) is 12.5. The second kappa shape index (κ2) is 6.13. The molecule has 6 nitrogen and oxygen atoms in total. The Bertz CT molecular complexity index is 658. The zero-order chi connectivity index (χ0) is 15.4. The number of benzene rings is 2. The molecule has 0 saturated heterocycles. The first kappa shape index (κ1) is 14.6. The second-order valence-corrected chi connectivity index (χ2v) is 4.71. The van der Waals surface area contributed by atoms with E-state index >= 15 is 0 Å². The number of ether oxygens (including phenoxy) is 1. The third-order valence-corrected chi connectivity index (χ3v) is 3.20. The second-order valence-electron chi connectivity index (χ2n) is 4.71. The highest BCUT2D eigenvalue weighted by molar-refractivity contribution is 5.66. The molecular weight excluding hydrogens is 270 g/mol. The first-order chi connectivity index (χ1) is 10.0. The van der Waals surface area contributed by atoms with Crippen LogP contribution in [0.2, 0.25) is 0 Å². The normalized spacial score (nSPS) is 10.2. The van der Waals surface area contributed by atoms with Gasteiger partial charge in [0.1, 0.15) is 11.4 Å². The fourth-order valence-corrected chi connectivity index (χ4v) is 2.08. The molecule has 0 aliphatic carbocycles. The molecule has 0 bridgehead atoms. The smallest absolute Gasteiger partial charge is 0.292 e. The lowest BCUT2D eigenvalue weighted by Gasteiger charge is -2.20. The summed E-state index contributed by atoms with van der Waals surface area (Å²) in [5, 5.41) is 10.8. The van der Waals surface area contributed by atoms with Gasteiger partial charge in [-0.2, -0.15) is 0 Å². The Morgan fingerprint density at radius 3 is 2.67 bits per heavy atom. The van der Waals surface area contributed by atoms with Crippen LogP contribution in [0.15, 0.2) is 42.5 Å². The number of rotatable bonds is 5. The molecule has 0 radical (unpaired) electrons. The number of methoxy groups -OCH3 is 1. The molecular formula is C15H17N3O3. The Balaban J connectivity index is 2.18. The van der Waals surface area contributed by atoms with Crippen LogP contribution < -0.4 is 15.4 Å². The molecule has 0 aromatic heterocycles. The van der Waals surface area contributed by atoms with Crippen LogP contribution in [0.5, 0.6) is 5.75 Å². The molecule has 6 heteroatoms. The maximum Gasteiger partial charge on any atom is 0.292 e. The predicted octanol–water partition coefficient (Wildman–Crippen LogP) is 2.82. The van der Waals surface area contributed by atoms with Crippen molar-refractivity contribution in [3.63, 3.8) is 0 Å². The van der Waals surface area contributed by atoms with E-state index in [0.717, 1.165) is 17.0 Å². The summed E-state index contributed by atoms with van der Waals surface area (Å²) in [7, 11) is 3.53. The van der Waals surface area contributed by atoms with Crippen LogP contribution in [0.25, 0.3) is 0 Å². The molecule has 0 atom stereocenters. The molecule has 0 aliphatic heterocycles. The van der Waals surface area contributed by atoms with Gasteiger partial charge < -0.3 is 15.4 Å². The van der Waals surface area contributed by atoms with Gasteiger partial charge in [-0.3, -0.25) is 10.1 Å². The summed E-state index contributed by atoms with van der Waals surface area (Å²) in [5.74, 6) is 0.795. The van der Waals surface area contributed by atoms with E-state index in [1.54, 1.807) is 19.2 Å². The highest BCUT2D eigenvalue weighted by Gasteiger charge is 2.13. The van der Waals surface area contributed by atoms with Gasteiger partial charge in [-0.05, 0) is 29.8 Å². The first-order valence-electron chi connectivity index (χ1n) is 6.39. The van der Waals surface area contributed by atoms with E-state index in [1.807, 2.05) is 36.2 Å². The van der Waals surface area contributed by atoms with Crippen molar-refractivity contribution >= 4 is 17.1 Å². The maximum atomic E-state index is 10.8. The number of nitrogens with two attached hydrogens (primary N) is 1. The van der Waals surface area contributed by atoms with E-state index in [1.165, 1.54) is 6.07 Å². The summed E-state index contributed by atoms with van der Waals surface area (Å²) in [4.78, 5) is 12.2. The summed E-state index contributed by atoms with van der Waals surface area (Å²) in [5.41, 5.74) is 7.70. The zero-order valence-electron chi connectivity index (χ0n) is 11.9. The van der Waals surface area contributed by atoms with E-state index in [9.17, 15) is 10.1 Å². The highest BCUT2D eigenvalue weighted by Crippen LogP contribution is 2.27. The first-order valence-corrected chi connectivity index (χ1v) is 6.39. The van der Waals surface area contributed by atoms with Crippen molar-refractivity contribution in [2.45, 2.75) is 6.54 Å². The number of nitrogens with zero attached hydrogens (tertiary/aromatic N) is 2. The van der Waals surface area contributed by atoms with E-state index in [-0.39, 0.29) is 11.4 Å². The molecule has 110 valence electrons. The molecule has 0 amide bonds. The van der Waals surface area contributed by atoms with Crippen LogP contribution in [0.3, 0.4) is 0 Å². The standard InChI is InChI=1S/C15H17N3O3/c1-17(10-11-4-3-5-13(8-11)21-2)12-6-7-15(18(19)20)14(16)9-12/h3-9H,10,16H2,1-2H3. The van der Waals surface area contributed by atoms with Crippen molar-refractivity contribution in [2.24, 2.45) is 0 Å². The van der Waals surface area contributed by atoms with Gasteiger partial charge in [0.05, 0.1) is 12.0 Å². The van der Waals surface area contributed by atoms with Crippen molar-refractivity contribution in [2.75, 3.05) is 24.8 Å². The maximum absolute atomic E-state index is 10.8. The van der Waals surface area contributed by atoms with Crippen molar-refractivity contribution in [1.82, 2.24) is 0 Å². The average Bonchev–Trinajstić information content (AvgIpc) is 2.46. The van der Waals surface area contributed by atoms with Crippen LogP contribution in [-0.2, 0) is 6.54 Å². The van der Waals surface area contributed by atoms with Gasteiger partial charge in [-0.25, -0.2) is 0 Å². The lowest BCUT2D eigenvalue weighted by Crippen LogP contribution is -2.16. The third kappa shape index (κ3) is 3.42. The third-order valence-electron chi connectivity index (χ3n) is 3.20. The summed E-state index contributed by atoms with van der Waals surface area (Å²) < 4.78 is 5.19. The van der Waals surface area contributed by atoms with E-state index in [4.69, 9.17) is 10.5 Å². The van der Waals surface area contributed by atoms with Gasteiger partial charge in [-0.15, -0.1) is 0 Å². The van der Waals surface area contributed by atoms with Gasteiger partial charge in [0.15, 0.2) is 0 Å². The minimum atomic E-state index is -0.485. The number of hydrogen-bond acceptors (Lipinski definition) is 5. The molecule has 0 saturated carbocycles. The molecule has 2 aromatic carbocycles. The Labute approximate surface area is 122 Å². The minimum absolute atomic E-state index is 0.0754. The Hall–Kier alpha value is -2.76. The average molecular weight is 287 g/mol. The molecule has 2 rings (SSSR count). The molecule has 0 spiro atoms. The number of nitrogen functional groups attached to an aromatic ring is 1. The Kier molecular flexibility index (Phi) is 4.27. The molecule has 2 aromatic rings. The van der Waals surface area contributed by atoms with Crippen LogP contribution in [0.1, 0.15) is 5.56 Å². The van der Waals surface area contributed by atoms with Gasteiger partial charge in [0.2, 0.25) is 0 Å². The molecule has 0 heterocycles. The van der Waals surface area contributed by atoms with E-state index < -0.39 is 4.92 Å². The summed E-state index contributed by atoms with van der Waals surface area (Å²) >= 11 is 0. The van der Waals surface area contributed by atoms with Crippen LogP contribution in [0.4, 0.5) is 17.1 Å². The van der Waals surface area contributed by atoms with Crippen molar-refractivity contribution in [3.05, 3.63) is 58.1 Å². The minimum Gasteiger partial charge on any atom is -0.497 e. The van der Waals surface area contributed by atoms with Crippen LogP contribution >= 0.6 is 0 Å². The molecule has 0 unspecified atom stereocenters. The van der Waals surface area contributed by atoms with Gasteiger partial charge in [-0.1, -0.05) is 12.1 Å². The fourth-order valence-electron chi connectivity index (χ4n) is 2.08. The Morgan fingerprint density at radius 2 is 2.05 bits per heavy atom. The lowest BCUT2D eigenvalue weighted by atomic mass is 10.2. The topological polar surface area (TPSA) is 81.6 Å². The summed E-state index contributed by atoms with van der Waals surface area (Å²) in [6.45, 7) is 0.647. The summed E-state index contributed by atoms with van der Waals surface area (Å²) in [6.07, 6.45) is 0. The zero-order valence-corrected chi connectivity index (χ0v) is 11.9. The number of hydrogen-bond donors (Lipinski definition) is 1. The van der Waals surface area contributed by atoms with Gasteiger partial charge in [0.25, 0.3) is 5.69 Å². The van der Waals surface area contributed by atoms with Gasteiger partial charge in [0, 0.05) is 25.3 Å². The van der Waals surface area contributed by atoms with Crippen LogP contribution in [0, 0.1) is 10.1 Å². The number of nitro groups is 1. The molecule has 21 heavy (non-hydrogen) atoms. The monoisotopic (exact) mass is 287 g/mol. The molecule has 2 N–H and O–H groups in total. The largest absolute Gasteiger partial charge is 0.497 e. The van der Waals surface area contributed by atoms with Crippen molar-refractivity contribution in [3.8, 4) is 5.75 Å². The van der Waals surface area contributed by atoms with Crippen LogP contribution in [-0.4, -0.2) is 19.1 Å².